The summed E-state index contributed by atoms with van der Waals surface area (Å²) in [4.78, 5) is 72.5. The van der Waals surface area contributed by atoms with Gasteiger partial charge >= 0.3 is 39.5 Å². The number of ether oxygens (including phenoxy) is 4. The lowest BCUT2D eigenvalue weighted by atomic mass is 10.0. The standard InChI is InChI=1S/C71H138O17P2/c1-8-9-10-11-28-38-45-52-68(73)81-58-66(87-71(76)55-48-41-34-27-21-15-18-24-31-37-44-51-64(6)7)60-85-89(77,78)83-56-65(72)57-84-90(79,80)86-61-67(59-82-69(74)53-46-39-32-25-20-14-17-23-30-36-43-50-63(4)5)88-70(75)54-47-40-33-26-19-13-12-16-22-29-35-42-49-62(2)3/h62-67,72H,8-61H2,1-7H3,(H,77,78)(H,79,80)/t65-,66+,67+/m0/s1. The number of rotatable bonds is 69. The molecule has 0 aromatic heterocycles. The number of phosphoric acid groups is 2. The zero-order valence-electron chi connectivity index (χ0n) is 58.6. The maximum Gasteiger partial charge on any atom is 0.472 e. The van der Waals surface area contributed by atoms with Gasteiger partial charge in [0.25, 0.3) is 0 Å². The summed E-state index contributed by atoms with van der Waals surface area (Å²) in [5, 5.41) is 10.6. The van der Waals surface area contributed by atoms with Crippen LogP contribution in [-0.2, 0) is 65.4 Å². The van der Waals surface area contributed by atoms with E-state index in [1.807, 2.05) is 0 Å². The van der Waals surface area contributed by atoms with Crippen molar-refractivity contribution in [1.82, 2.24) is 0 Å². The topological polar surface area (TPSA) is 237 Å². The quantitative estimate of drug-likeness (QED) is 0.0222. The molecule has 0 fully saturated rings. The number of unbranched alkanes of at least 4 members (excludes halogenated alkanes) is 37. The first kappa shape index (κ1) is 88.1. The van der Waals surface area contributed by atoms with E-state index in [-0.39, 0.29) is 25.7 Å². The molecule has 3 N–H and O–H groups in total. The van der Waals surface area contributed by atoms with Crippen molar-refractivity contribution in [3.05, 3.63) is 0 Å². The molecule has 0 rings (SSSR count). The van der Waals surface area contributed by atoms with Crippen LogP contribution in [0.5, 0.6) is 0 Å². The highest BCUT2D eigenvalue weighted by Crippen LogP contribution is 2.45. The van der Waals surface area contributed by atoms with Crippen LogP contribution in [0, 0.1) is 17.8 Å². The van der Waals surface area contributed by atoms with E-state index < -0.39 is 97.5 Å². The van der Waals surface area contributed by atoms with Crippen molar-refractivity contribution in [3.8, 4) is 0 Å². The number of carbonyl (C=O) groups is 4. The average molecular weight is 1330 g/mol. The first-order valence-corrected chi connectivity index (χ1v) is 39.8. The average Bonchev–Trinajstić information content (AvgIpc) is 3.61. The smallest absolute Gasteiger partial charge is 0.462 e. The van der Waals surface area contributed by atoms with Crippen LogP contribution in [0.1, 0.15) is 357 Å². The van der Waals surface area contributed by atoms with Crippen LogP contribution in [0.15, 0.2) is 0 Å². The zero-order valence-corrected chi connectivity index (χ0v) is 60.4. The Kier molecular flexibility index (Phi) is 60.6. The number of carbonyl (C=O) groups excluding carboxylic acids is 4. The maximum atomic E-state index is 13.0. The number of esters is 4. The zero-order chi connectivity index (χ0) is 66.6. The molecular weight excluding hydrogens is 1190 g/mol. The van der Waals surface area contributed by atoms with Crippen molar-refractivity contribution in [2.45, 2.75) is 375 Å². The molecule has 0 radical (unpaired) electrons. The summed E-state index contributed by atoms with van der Waals surface area (Å²) in [5.74, 6) is 0.185. The normalized spacial score (nSPS) is 14.2. The maximum absolute atomic E-state index is 13.0. The van der Waals surface area contributed by atoms with Gasteiger partial charge in [0.15, 0.2) is 12.2 Å². The highest BCUT2D eigenvalue weighted by atomic mass is 31.2. The second-order valence-corrected chi connectivity index (χ2v) is 30.0. The van der Waals surface area contributed by atoms with Crippen LogP contribution >= 0.6 is 15.6 Å². The summed E-state index contributed by atoms with van der Waals surface area (Å²) < 4.78 is 68.2. The molecule has 0 aliphatic carbocycles. The van der Waals surface area contributed by atoms with Gasteiger partial charge in [-0.3, -0.25) is 37.3 Å². The number of phosphoric ester groups is 2. The van der Waals surface area contributed by atoms with E-state index in [0.717, 1.165) is 120 Å². The second kappa shape index (κ2) is 61.9. The molecular formula is C71H138O17P2. The minimum absolute atomic E-state index is 0.106. The number of aliphatic hydroxyl groups is 1. The SMILES string of the molecule is CCCCCCCCCC(=O)OC[C@H](COP(=O)(O)OC[C@H](O)COP(=O)(O)OC[C@@H](COC(=O)CCCCCCCCCCCCCC(C)C)OC(=O)CCCCCCCCCCCCCCC(C)C)OC(=O)CCCCCCCCCCCCCC(C)C. The molecule has 5 atom stereocenters. The van der Waals surface area contributed by atoms with Crippen LogP contribution in [0.25, 0.3) is 0 Å². The van der Waals surface area contributed by atoms with Gasteiger partial charge in [0, 0.05) is 25.7 Å². The van der Waals surface area contributed by atoms with Crippen LogP contribution < -0.4 is 0 Å². The predicted octanol–water partition coefficient (Wildman–Crippen LogP) is 20.2. The molecule has 19 heteroatoms. The fourth-order valence-electron chi connectivity index (χ4n) is 10.7. The minimum Gasteiger partial charge on any atom is -0.462 e. The third-order valence-electron chi connectivity index (χ3n) is 16.4. The number of aliphatic hydroxyl groups excluding tert-OH is 1. The second-order valence-electron chi connectivity index (χ2n) is 27.1. The molecule has 2 unspecified atom stereocenters. The Morgan fingerprint density at radius 3 is 0.756 bits per heavy atom. The molecule has 90 heavy (non-hydrogen) atoms. The Bertz CT molecular complexity index is 1770. The predicted molar refractivity (Wildman–Crippen MR) is 363 cm³/mol. The molecule has 0 spiro atoms. The molecule has 534 valence electrons. The molecule has 0 heterocycles. The van der Waals surface area contributed by atoms with Crippen LogP contribution in [0.2, 0.25) is 0 Å². The number of hydrogen-bond donors (Lipinski definition) is 3. The molecule has 17 nitrogen and oxygen atoms in total. The Morgan fingerprint density at radius 2 is 0.511 bits per heavy atom. The Hall–Kier alpha value is -1.94. The van der Waals surface area contributed by atoms with E-state index in [9.17, 15) is 43.2 Å². The van der Waals surface area contributed by atoms with Crippen molar-refractivity contribution < 1.29 is 80.2 Å². The van der Waals surface area contributed by atoms with Gasteiger partial charge in [-0.1, -0.05) is 305 Å². The van der Waals surface area contributed by atoms with Crippen molar-refractivity contribution in [3.63, 3.8) is 0 Å². The van der Waals surface area contributed by atoms with Crippen molar-refractivity contribution in [2.24, 2.45) is 17.8 Å². The molecule has 0 aromatic carbocycles. The van der Waals surface area contributed by atoms with E-state index in [4.69, 9.17) is 37.0 Å². The van der Waals surface area contributed by atoms with Gasteiger partial charge in [0.05, 0.1) is 26.4 Å². The van der Waals surface area contributed by atoms with Gasteiger partial charge in [-0.2, -0.15) is 0 Å². The summed E-state index contributed by atoms with van der Waals surface area (Å²) in [6.45, 7) is 11.8. The minimum atomic E-state index is -4.95. The molecule has 0 bridgehead atoms. The number of hydrogen-bond acceptors (Lipinski definition) is 15. The van der Waals surface area contributed by atoms with Gasteiger partial charge in [0.2, 0.25) is 0 Å². The Labute approximate surface area is 549 Å². The van der Waals surface area contributed by atoms with E-state index in [0.29, 0.717) is 25.7 Å². The van der Waals surface area contributed by atoms with E-state index in [1.54, 1.807) is 0 Å². The molecule has 0 saturated heterocycles. The fraction of sp³-hybridized carbons (Fsp3) is 0.944. The first-order chi connectivity index (χ1) is 43.2. The van der Waals surface area contributed by atoms with Crippen LogP contribution in [0.3, 0.4) is 0 Å². The lowest BCUT2D eigenvalue weighted by Crippen LogP contribution is -2.30. The van der Waals surface area contributed by atoms with E-state index in [2.05, 4.69) is 48.5 Å². The van der Waals surface area contributed by atoms with Crippen molar-refractivity contribution in [1.29, 1.82) is 0 Å². The van der Waals surface area contributed by atoms with Gasteiger partial charge in [-0.15, -0.1) is 0 Å². The third kappa shape index (κ3) is 64.8. The Morgan fingerprint density at radius 1 is 0.300 bits per heavy atom. The van der Waals surface area contributed by atoms with Crippen LogP contribution in [0.4, 0.5) is 0 Å². The molecule has 0 aliphatic rings. The van der Waals surface area contributed by atoms with E-state index >= 15 is 0 Å². The molecule has 0 amide bonds. The summed E-state index contributed by atoms with van der Waals surface area (Å²) in [6, 6.07) is 0. The monoisotopic (exact) mass is 1320 g/mol. The highest BCUT2D eigenvalue weighted by molar-refractivity contribution is 7.47. The van der Waals surface area contributed by atoms with Gasteiger partial charge in [-0.05, 0) is 43.4 Å². The summed E-state index contributed by atoms with van der Waals surface area (Å²) >= 11 is 0. The highest BCUT2D eigenvalue weighted by Gasteiger charge is 2.30. The lowest BCUT2D eigenvalue weighted by molar-refractivity contribution is -0.161. The summed E-state index contributed by atoms with van der Waals surface area (Å²) in [5.41, 5.74) is 0. The third-order valence-corrected chi connectivity index (χ3v) is 18.3. The lowest BCUT2D eigenvalue weighted by Gasteiger charge is -2.21. The van der Waals surface area contributed by atoms with Crippen molar-refractivity contribution in [2.75, 3.05) is 39.6 Å². The fourth-order valence-corrected chi connectivity index (χ4v) is 12.3. The summed E-state index contributed by atoms with van der Waals surface area (Å²) in [6.07, 6.45) is 45.8. The van der Waals surface area contributed by atoms with Crippen molar-refractivity contribution >= 4 is 39.5 Å². The molecule has 0 aliphatic heterocycles. The van der Waals surface area contributed by atoms with Gasteiger partial charge < -0.3 is 33.8 Å². The largest absolute Gasteiger partial charge is 0.472 e. The van der Waals surface area contributed by atoms with Gasteiger partial charge in [-0.25, -0.2) is 9.13 Å². The van der Waals surface area contributed by atoms with Gasteiger partial charge in [0.1, 0.15) is 19.3 Å². The Balaban J connectivity index is 5.21. The van der Waals surface area contributed by atoms with Crippen LogP contribution in [-0.4, -0.2) is 96.7 Å². The molecule has 0 saturated carbocycles. The molecule has 0 aromatic rings. The first-order valence-electron chi connectivity index (χ1n) is 36.8. The van der Waals surface area contributed by atoms with E-state index in [1.165, 1.54) is 154 Å². The summed E-state index contributed by atoms with van der Waals surface area (Å²) in [7, 11) is -9.90.